The topological polar surface area (TPSA) is 63.7 Å². The van der Waals surface area contributed by atoms with Gasteiger partial charge in [-0.1, -0.05) is 24.3 Å². The van der Waals surface area contributed by atoms with E-state index >= 15 is 0 Å². The SMILES string of the molecule is CS(=O)(=O)ON1C=C2C=CC=CC2C1=O. The largest absolute Gasteiger partial charge is 0.285 e. The van der Waals surface area contributed by atoms with Crippen LogP contribution in [0, 0.1) is 5.92 Å². The number of carbonyl (C=O) groups is 1. The van der Waals surface area contributed by atoms with Crippen molar-refractivity contribution in [1.82, 2.24) is 5.06 Å². The predicted molar refractivity (Wildman–Crippen MR) is 52.6 cm³/mol. The first-order chi connectivity index (χ1) is 6.97. The van der Waals surface area contributed by atoms with Crippen molar-refractivity contribution in [2.45, 2.75) is 0 Å². The van der Waals surface area contributed by atoms with Gasteiger partial charge in [0.05, 0.1) is 12.2 Å². The lowest BCUT2D eigenvalue weighted by Crippen LogP contribution is -2.28. The molecule has 5 nitrogen and oxygen atoms in total. The van der Waals surface area contributed by atoms with Crippen LogP contribution in [0.2, 0.25) is 0 Å². The van der Waals surface area contributed by atoms with Crippen molar-refractivity contribution < 1.29 is 17.5 Å². The highest BCUT2D eigenvalue weighted by Gasteiger charge is 2.34. The Morgan fingerprint density at radius 1 is 1.40 bits per heavy atom. The molecule has 0 radical (unpaired) electrons. The van der Waals surface area contributed by atoms with Crippen molar-refractivity contribution in [1.29, 1.82) is 0 Å². The molecule has 0 aromatic carbocycles. The van der Waals surface area contributed by atoms with Gasteiger partial charge in [0, 0.05) is 6.20 Å². The van der Waals surface area contributed by atoms with Gasteiger partial charge in [-0.25, -0.2) is 0 Å². The van der Waals surface area contributed by atoms with Crippen molar-refractivity contribution in [3.63, 3.8) is 0 Å². The summed E-state index contributed by atoms with van der Waals surface area (Å²) >= 11 is 0. The first kappa shape index (κ1) is 10.1. The Kier molecular flexibility index (Phi) is 2.24. The number of hydroxylamine groups is 2. The average Bonchev–Trinajstić information content (AvgIpc) is 2.42. The normalized spacial score (nSPS) is 24.3. The number of hydrogen-bond acceptors (Lipinski definition) is 4. The third-order valence-electron chi connectivity index (χ3n) is 2.03. The third kappa shape index (κ3) is 2.00. The fourth-order valence-corrected chi connectivity index (χ4v) is 1.85. The molecule has 1 unspecified atom stereocenters. The summed E-state index contributed by atoms with van der Waals surface area (Å²) in [5, 5.41) is 0.759. The third-order valence-corrected chi connectivity index (χ3v) is 2.46. The van der Waals surface area contributed by atoms with Crippen LogP contribution >= 0.6 is 0 Å². The van der Waals surface area contributed by atoms with Gasteiger partial charge in [-0.2, -0.15) is 13.5 Å². The second-order valence-electron chi connectivity index (χ2n) is 3.29. The summed E-state index contributed by atoms with van der Waals surface area (Å²) in [5.74, 6) is -0.812. The molecule has 80 valence electrons. The Morgan fingerprint density at radius 2 is 2.13 bits per heavy atom. The van der Waals surface area contributed by atoms with E-state index in [0.29, 0.717) is 0 Å². The zero-order valence-corrected chi connectivity index (χ0v) is 8.77. The summed E-state index contributed by atoms with van der Waals surface area (Å²) in [6, 6.07) is 0. The first-order valence-corrected chi connectivity index (χ1v) is 6.08. The molecule has 0 aromatic rings. The maximum absolute atomic E-state index is 11.6. The summed E-state index contributed by atoms with van der Waals surface area (Å²) in [5.41, 5.74) is 0.728. The zero-order valence-electron chi connectivity index (χ0n) is 7.95. The zero-order chi connectivity index (χ0) is 11.1. The molecule has 6 heteroatoms. The van der Waals surface area contributed by atoms with Gasteiger partial charge in [-0.05, 0) is 5.57 Å². The van der Waals surface area contributed by atoms with E-state index in [1.54, 1.807) is 24.3 Å². The van der Waals surface area contributed by atoms with Gasteiger partial charge in [0.1, 0.15) is 0 Å². The fraction of sp³-hybridized carbons (Fsp3) is 0.222. The minimum Gasteiger partial charge on any atom is -0.271 e. The average molecular weight is 227 g/mol. The van der Waals surface area contributed by atoms with Crippen LogP contribution in [-0.2, 0) is 19.2 Å². The van der Waals surface area contributed by atoms with Gasteiger partial charge >= 0.3 is 0 Å². The number of hydrogen-bond donors (Lipinski definition) is 0. The van der Waals surface area contributed by atoms with Gasteiger partial charge in [0.25, 0.3) is 16.0 Å². The van der Waals surface area contributed by atoms with Crippen molar-refractivity contribution >= 4 is 16.0 Å². The van der Waals surface area contributed by atoms with E-state index in [1.807, 2.05) is 0 Å². The molecule has 1 heterocycles. The van der Waals surface area contributed by atoms with Crippen LogP contribution in [-0.4, -0.2) is 25.6 Å². The molecule has 0 spiro atoms. The Morgan fingerprint density at radius 3 is 2.73 bits per heavy atom. The monoisotopic (exact) mass is 227 g/mol. The van der Waals surface area contributed by atoms with Crippen molar-refractivity contribution in [2.75, 3.05) is 6.26 Å². The highest BCUT2D eigenvalue weighted by atomic mass is 32.2. The lowest BCUT2D eigenvalue weighted by atomic mass is 9.97. The van der Waals surface area contributed by atoms with E-state index in [2.05, 4.69) is 4.28 Å². The van der Waals surface area contributed by atoms with E-state index in [-0.39, 0.29) is 0 Å². The van der Waals surface area contributed by atoms with Crippen molar-refractivity contribution in [2.24, 2.45) is 5.92 Å². The summed E-state index contributed by atoms with van der Waals surface area (Å²) in [6.07, 6.45) is 9.23. The van der Waals surface area contributed by atoms with Crippen LogP contribution in [0.3, 0.4) is 0 Å². The van der Waals surface area contributed by atoms with Gasteiger partial charge in [0.2, 0.25) is 0 Å². The van der Waals surface area contributed by atoms with E-state index in [4.69, 9.17) is 0 Å². The number of allylic oxidation sites excluding steroid dienone is 3. The Labute approximate surface area is 87.4 Å². The fourth-order valence-electron chi connectivity index (χ4n) is 1.45. The van der Waals surface area contributed by atoms with Gasteiger partial charge in [-0.3, -0.25) is 4.79 Å². The lowest BCUT2D eigenvalue weighted by molar-refractivity contribution is -0.146. The number of rotatable bonds is 2. The molecular weight excluding hydrogens is 218 g/mol. The summed E-state index contributed by atoms with van der Waals surface area (Å²) in [4.78, 5) is 11.6. The van der Waals surface area contributed by atoms with Crippen LogP contribution in [0.1, 0.15) is 0 Å². The highest BCUT2D eigenvalue weighted by molar-refractivity contribution is 7.85. The molecule has 1 aliphatic heterocycles. The van der Waals surface area contributed by atoms with Crippen molar-refractivity contribution in [3.8, 4) is 0 Å². The van der Waals surface area contributed by atoms with Gasteiger partial charge in [0.15, 0.2) is 0 Å². The summed E-state index contributed by atoms with van der Waals surface area (Å²) < 4.78 is 26.2. The minimum atomic E-state index is -3.67. The molecule has 0 saturated heterocycles. The number of fused-ring (bicyclic) bond motifs is 1. The maximum Gasteiger partial charge on any atom is 0.285 e. The van der Waals surface area contributed by atoms with E-state index < -0.39 is 21.9 Å². The Hall–Kier alpha value is -1.40. The summed E-state index contributed by atoms with van der Waals surface area (Å²) in [7, 11) is -3.67. The molecule has 1 atom stereocenters. The molecule has 0 saturated carbocycles. The molecule has 2 aliphatic rings. The maximum atomic E-state index is 11.6. The van der Waals surface area contributed by atoms with E-state index in [0.717, 1.165) is 16.9 Å². The molecule has 0 fully saturated rings. The lowest BCUT2D eigenvalue weighted by Gasteiger charge is -2.12. The molecular formula is C9H9NO4S. The second-order valence-corrected chi connectivity index (χ2v) is 4.85. The Balaban J connectivity index is 2.25. The molecule has 15 heavy (non-hydrogen) atoms. The minimum absolute atomic E-state index is 0.393. The smallest absolute Gasteiger partial charge is 0.271 e. The van der Waals surface area contributed by atoms with E-state index in [1.165, 1.54) is 6.20 Å². The molecule has 0 N–H and O–H groups in total. The quantitative estimate of drug-likeness (QED) is 0.682. The molecule has 1 amide bonds. The highest BCUT2D eigenvalue weighted by Crippen LogP contribution is 2.28. The van der Waals surface area contributed by atoms with Crippen molar-refractivity contribution in [3.05, 3.63) is 36.1 Å². The van der Waals surface area contributed by atoms with Crippen LogP contribution in [0.25, 0.3) is 0 Å². The molecule has 1 aliphatic carbocycles. The molecule has 0 aromatic heterocycles. The Bertz CT molecular complexity index is 486. The molecule has 2 rings (SSSR count). The second kappa shape index (κ2) is 3.32. The molecule has 0 bridgehead atoms. The van der Waals surface area contributed by atoms with Crippen LogP contribution < -0.4 is 0 Å². The predicted octanol–water partition coefficient (Wildman–Crippen LogP) is 0.346. The van der Waals surface area contributed by atoms with Crippen LogP contribution in [0.5, 0.6) is 0 Å². The van der Waals surface area contributed by atoms with Crippen LogP contribution in [0.4, 0.5) is 0 Å². The first-order valence-electron chi connectivity index (χ1n) is 4.26. The van der Waals surface area contributed by atoms with E-state index in [9.17, 15) is 13.2 Å². The number of nitrogens with zero attached hydrogens (tertiary/aromatic N) is 1. The number of carbonyl (C=O) groups excluding carboxylic acids is 1. The number of amides is 1. The summed E-state index contributed by atoms with van der Waals surface area (Å²) in [6.45, 7) is 0. The standard InChI is InChI=1S/C9H9NO4S/c1-15(12,13)14-10-6-7-4-2-3-5-8(7)9(10)11/h2-6,8H,1H3. The van der Waals surface area contributed by atoms with Gasteiger partial charge < -0.3 is 0 Å². The van der Waals surface area contributed by atoms with Crippen LogP contribution in [0.15, 0.2) is 36.1 Å². The van der Waals surface area contributed by atoms with Gasteiger partial charge in [-0.15, -0.1) is 4.28 Å².